The second-order valence-corrected chi connectivity index (χ2v) is 2.21. The van der Waals surface area contributed by atoms with Gasteiger partial charge in [-0.3, -0.25) is 10.2 Å². The third-order valence-electron chi connectivity index (χ3n) is 1.17. The first-order chi connectivity index (χ1) is 5.27. The molecule has 0 aliphatic carbocycles. The van der Waals surface area contributed by atoms with Gasteiger partial charge in [-0.05, 0) is 12.1 Å². The van der Waals surface area contributed by atoms with E-state index < -0.39 is 5.91 Å². The molecule has 4 nitrogen and oxygen atoms in total. The lowest BCUT2D eigenvalue weighted by atomic mass is 10.4. The molecule has 0 radical (unpaired) electrons. The molecule has 0 saturated carbocycles. The van der Waals surface area contributed by atoms with Gasteiger partial charge in [0.15, 0.2) is 5.76 Å². The first kappa shape index (κ1) is 8.16. The average molecular weight is 172 g/mol. The van der Waals surface area contributed by atoms with Gasteiger partial charge in [-0.15, -0.1) is 0 Å². The molecule has 1 aromatic rings. The predicted octanol–water partition coefficient (Wildman–Crippen LogP) is 0.313. The number of nitrogens with one attached hydrogen (secondary N) is 1. The van der Waals surface area contributed by atoms with Crippen LogP contribution in [0.25, 0.3) is 0 Å². The van der Waals surface area contributed by atoms with E-state index in [1.165, 1.54) is 0 Å². The van der Waals surface area contributed by atoms with Crippen LogP contribution in [-0.2, 0) is 5.75 Å². The fourth-order valence-corrected chi connectivity index (χ4v) is 0.826. The Kier molecular flexibility index (Phi) is 2.56. The number of carbonyl (C=O) groups is 1. The quantitative estimate of drug-likeness (QED) is 0.260. The maximum absolute atomic E-state index is 10.8. The number of hydrazine groups is 1. The number of furan rings is 1. The first-order valence-electron chi connectivity index (χ1n) is 2.98. The molecule has 1 heterocycles. The maximum atomic E-state index is 10.8. The molecule has 0 aromatic carbocycles. The van der Waals surface area contributed by atoms with Crippen molar-refractivity contribution in [3.8, 4) is 0 Å². The van der Waals surface area contributed by atoms with Crippen molar-refractivity contribution in [1.29, 1.82) is 0 Å². The number of carbonyl (C=O) groups excluding carboxylic acids is 1. The number of nitrogens with two attached hydrogens (primary N) is 1. The van der Waals surface area contributed by atoms with Gasteiger partial charge in [0.25, 0.3) is 0 Å². The fourth-order valence-electron chi connectivity index (χ4n) is 0.656. The van der Waals surface area contributed by atoms with Gasteiger partial charge in [0.2, 0.25) is 0 Å². The van der Waals surface area contributed by atoms with Crippen molar-refractivity contribution in [2.75, 3.05) is 0 Å². The van der Waals surface area contributed by atoms with E-state index in [-0.39, 0.29) is 5.76 Å². The van der Waals surface area contributed by atoms with Gasteiger partial charge in [0.05, 0.1) is 0 Å². The number of rotatable bonds is 2. The van der Waals surface area contributed by atoms with Gasteiger partial charge in [-0.25, -0.2) is 5.84 Å². The van der Waals surface area contributed by atoms with Crippen LogP contribution >= 0.6 is 12.6 Å². The van der Waals surface area contributed by atoms with Gasteiger partial charge >= 0.3 is 5.91 Å². The Bertz CT molecular complexity index is 259. The summed E-state index contributed by atoms with van der Waals surface area (Å²) in [7, 11) is 0. The topological polar surface area (TPSA) is 68.3 Å². The molecule has 0 saturated heterocycles. The predicted molar refractivity (Wildman–Crippen MR) is 43.1 cm³/mol. The normalized spacial score (nSPS) is 9.64. The molecule has 0 aliphatic heterocycles. The summed E-state index contributed by atoms with van der Waals surface area (Å²) in [5.74, 6) is 5.76. The lowest BCUT2D eigenvalue weighted by Crippen LogP contribution is -2.29. The Balaban J connectivity index is 2.80. The molecule has 60 valence electrons. The Morgan fingerprint density at radius 1 is 1.73 bits per heavy atom. The molecule has 1 amide bonds. The van der Waals surface area contributed by atoms with Gasteiger partial charge in [0, 0.05) is 5.75 Å². The van der Waals surface area contributed by atoms with Crippen LogP contribution in [0, 0.1) is 0 Å². The fraction of sp³-hybridized carbons (Fsp3) is 0.167. The summed E-state index contributed by atoms with van der Waals surface area (Å²) in [6.45, 7) is 0. The van der Waals surface area contributed by atoms with Crippen LogP contribution in [0.1, 0.15) is 16.3 Å². The summed E-state index contributed by atoms with van der Waals surface area (Å²) in [6, 6.07) is 3.23. The summed E-state index contributed by atoms with van der Waals surface area (Å²) in [5.41, 5.74) is 1.96. The maximum Gasteiger partial charge on any atom is 0.300 e. The van der Waals surface area contributed by atoms with E-state index in [0.29, 0.717) is 11.5 Å². The monoisotopic (exact) mass is 172 g/mol. The highest BCUT2D eigenvalue weighted by Crippen LogP contribution is 2.08. The van der Waals surface area contributed by atoms with Crippen molar-refractivity contribution in [2.45, 2.75) is 5.75 Å². The number of nitrogen functional groups attached to an aromatic ring is 1. The largest absolute Gasteiger partial charge is 0.455 e. The standard InChI is InChI=1S/C6H8N2O2S/c7-8-6(9)5-2-1-4(3-11)10-5/h1-2,11H,3,7H2,(H,8,9). The van der Waals surface area contributed by atoms with Gasteiger partial charge in [0.1, 0.15) is 5.76 Å². The molecule has 11 heavy (non-hydrogen) atoms. The average Bonchev–Trinajstić information content (AvgIpc) is 2.50. The van der Waals surface area contributed by atoms with Crippen LogP contribution in [0.5, 0.6) is 0 Å². The lowest BCUT2D eigenvalue weighted by molar-refractivity contribution is 0.0924. The molecule has 0 unspecified atom stereocenters. The number of hydrogen-bond donors (Lipinski definition) is 3. The molecule has 0 fully saturated rings. The summed E-state index contributed by atoms with van der Waals surface area (Å²) in [6.07, 6.45) is 0. The zero-order valence-corrected chi connectivity index (χ0v) is 6.60. The summed E-state index contributed by atoms with van der Waals surface area (Å²) >= 11 is 3.96. The van der Waals surface area contributed by atoms with E-state index in [1.54, 1.807) is 12.1 Å². The second kappa shape index (κ2) is 3.45. The van der Waals surface area contributed by atoms with Crippen molar-refractivity contribution in [1.82, 2.24) is 5.43 Å². The first-order valence-corrected chi connectivity index (χ1v) is 3.61. The molecule has 0 atom stereocenters. The Labute approximate surface area is 69.1 Å². The smallest absolute Gasteiger partial charge is 0.300 e. The van der Waals surface area contributed by atoms with E-state index in [0.717, 1.165) is 0 Å². The van der Waals surface area contributed by atoms with E-state index in [2.05, 4.69) is 12.6 Å². The second-order valence-electron chi connectivity index (χ2n) is 1.90. The molecule has 1 aromatic heterocycles. The van der Waals surface area contributed by atoms with Gasteiger partial charge < -0.3 is 4.42 Å². The van der Waals surface area contributed by atoms with Crippen LogP contribution in [0.3, 0.4) is 0 Å². The van der Waals surface area contributed by atoms with Crippen molar-refractivity contribution >= 4 is 18.5 Å². The molecule has 0 spiro atoms. The van der Waals surface area contributed by atoms with Crippen molar-refractivity contribution < 1.29 is 9.21 Å². The Hall–Kier alpha value is -0.940. The van der Waals surface area contributed by atoms with E-state index >= 15 is 0 Å². The summed E-state index contributed by atoms with van der Waals surface area (Å²) < 4.78 is 5.02. The van der Waals surface area contributed by atoms with E-state index in [1.807, 2.05) is 5.43 Å². The molecule has 0 bridgehead atoms. The molecular weight excluding hydrogens is 164 g/mol. The third kappa shape index (κ3) is 1.75. The minimum atomic E-state index is -0.432. The highest BCUT2D eigenvalue weighted by atomic mass is 32.1. The molecule has 3 N–H and O–H groups in total. The van der Waals surface area contributed by atoms with Gasteiger partial charge in [-0.1, -0.05) is 0 Å². The Morgan fingerprint density at radius 3 is 2.91 bits per heavy atom. The van der Waals surface area contributed by atoms with E-state index in [9.17, 15) is 4.79 Å². The molecule has 0 aliphatic rings. The van der Waals surface area contributed by atoms with Crippen molar-refractivity contribution in [2.24, 2.45) is 5.84 Å². The van der Waals surface area contributed by atoms with Crippen LogP contribution in [-0.4, -0.2) is 5.91 Å². The van der Waals surface area contributed by atoms with Crippen molar-refractivity contribution in [3.05, 3.63) is 23.7 Å². The van der Waals surface area contributed by atoms with Crippen molar-refractivity contribution in [3.63, 3.8) is 0 Å². The highest BCUT2D eigenvalue weighted by Gasteiger charge is 2.07. The summed E-state index contributed by atoms with van der Waals surface area (Å²) in [4.78, 5) is 10.8. The van der Waals surface area contributed by atoms with Gasteiger partial charge in [-0.2, -0.15) is 12.6 Å². The summed E-state index contributed by atoms with van der Waals surface area (Å²) in [5, 5.41) is 0. The zero-order valence-electron chi connectivity index (χ0n) is 5.70. The molecule has 1 rings (SSSR count). The number of hydrogen-bond acceptors (Lipinski definition) is 4. The Morgan fingerprint density at radius 2 is 2.45 bits per heavy atom. The van der Waals surface area contributed by atoms with Crippen LogP contribution in [0.15, 0.2) is 16.5 Å². The molecule has 5 heteroatoms. The highest BCUT2D eigenvalue weighted by molar-refractivity contribution is 7.79. The third-order valence-corrected chi connectivity index (χ3v) is 1.48. The number of amides is 1. The van der Waals surface area contributed by atoms with Crippen LogP contribution in [0.2, 0.25) is 0 Å². The minimum absolute atomic E-state index is 0.205. The zero-order chi connectivity index (χ0) is 8.27. The SMILES string of the molecule is NNC(=O)c1ccc(CS)o1. The molecular formula is C6H8N2O2S. The van der Waals surface area contributed by atoms with Crippen LogP contribution < -0.4 is 11.3 Å². The van der Waals surface area contributed by atoms with E-state index in [4.69, 9.17) is 10.3 Å². The van der Waals surface area contributed by atoms with Crippen LogP contribution in [0.4, 0.5) is 0 Å². The lowest BCUT2D eigenvalue weighted by Gasteiger charge is -1.92. The minimum Gasteiger partial charge on any atom is -0.455 e. The number of thiol groups is 1.